The second-order valence-electron chi connectivity index (χ2n) is 7.48. The molecule has 0 aliphatic carbocycles. The van der Waals surface area contributed by atoms with Crippen LogP contribution >= 0.6 is 0 Å². The summed E-state index contributed by atoms with van der Waals surface area (Å²) in [5.41, 5.74) is 0.288. The zero-order valence-electron chi connectivity index (χ0n) is 16.6. The molecule has 25 heavy (non-hydrogen) atoms. The first-order chi connectivity index (χ1) is 12.2. The van der Waals surface area contributed by atoms with Crippen LogP contribution in [-0.4, -0.2) is 87.9 Å². The van der Waals surface area contributed by atoms with Crippen LogP contribution < -0.4 is 10.6 Å². The third kappa shape index (κ3) is 6.42. The summed E-state index contributed by atoms with van der Waals surface area (Å²) in [7, 11) is 4.10. The van der Waals surface area contributed by atoms with Crippen molar-refractivity contribution in [2.24, 2.45) is 4.99 Å². The van der Waals surface area contributed by atoms with Gasteiger partial charge in [0, 0.05) is 38.9 Å². The van der Waals surface area contributed by atoms with E-state index in [0.717, 1.165) is 38.7 Å². The average molecular weight is 354 g/mol. The van der Waals surface area contributed by atoms with E-state index in [-0.39, 0.29) is 5.54 Å². The number of nitrogens with zero attached hydrogens (tertiary/aromatic N) is 3. The summed E-state index contributed by atoms with van der Waals surface area (Å²) in [5, 5.41) is 7.05. The van der Waals surface area contributed by atoms with Gasteiger partial charge in [-0.1, -0.05) is 6.42 Å². The smallest absolute Gasteiger partial charge is 0.191 e. The number of piperidine rings is 2. The number of rotatable bonds is 8. The predicted octanol–water partition coefficient (Wildman–Crippen LogP) is 1.53. The lowest BCUT2D eigenvalue weighted by molar-refractivity contribution is 0.0173. The lowest BCUT2D eigenvalue weighted by Gasteiger charge is -2.50. The summed E-state index contributed by atoms with van der Waals surface area (Å²) in [6.07, 6.45) is 7.60. The van der Waals surface area contributed by atoms with Gasteiger partial charge < -0.3 is 20.3 Å². The normalized spacial score (nSPS) is 22.8. The van der Waals surface area contributed by atoms with Gasteiger partial charge in [0.15, 0.2) is 5.96 Å². The van der Waals surface area contributed by atoms with Crippen LogP contribution in [0.5, 0.6) is 0 Å². The molecule has 0 aromatic heterocycles. The Morgan fingerprint density at radius 1 is 1.08 bits per heavy atom. The van der Waals surface area contributed by atoms with Crippen LogP contribution in [0.25, 0.3) is 0 Å². The van der Waals surface area contributed by atoms with E-state index in [2.05, 4.69) is 32.5 Å². The molecule has 0 bridgehead atoms. The van der Waals surface area contributed by atoms with Crippen molar-refractivity contribution in [3.8, 4) is 0 Å². The molecule has 0 spiro atoms. The highest BCUT2D eigenvalue weighted by Crippen LogP contribution is 2.30. The number of hydrogen-bond donors (Lipinski definition) is 2. The van der Waals surface area contributed by atoms with Crippen molar-refractivity contribution in [3.63, 3.8) is 0 Å². The van der Waals surface area contributed by atoms with Crippen molar-refractivity contribution in [1.29, 1.82) is 0 Å². The van der Waals surface area contributed by atoms with Gasteiger partial charge in [-0.3, -0.25) is 9.89 Å². The molecule has 0 unspecified atom stereocenters. The van der Waals surface area contributed by atoms with Crippen LogP contribution in [0.1, 0.15) is 45.4 Å². The largest absolute Gasteiger partial charge is 0.382 e. The van der Waals surface area contributed by atoms with E-state index in [4.69, 9.17) is 4.74 Å². The van der Waals surface area contributed by atoms with Gasteiger partial charge in [-0.25, -0.2) is 0 Å². The third-order valence-electron chi connectivity index (χ3n) is 5.72. The molecule has 0 aromatic carbocycles. The van der Waals surface area contributed by atoms with Crippen molar-refractivity contribution in [1.82, 2.24) is 20.4 Å². The number of likely N-dealkylation sites (tertiary alicyclic amines) is 2. The number of hydrogen-bond acceptors (Lipinski definition) is 4. The SMILES string of the molecule is CCOCCCNC(=NC)NCC1(N2CCCCC2)CCN(C)CC1. The molecule has 146 valence electrons. The maximum Gasteiger partial charge on any atom is 0.191 e. The zero-order valence-corrected chi connectivity index (χ0v) is 16.6. The summed E-state index contributed by atoms with van der Waals surface area (Å²) in [5.74, 6) is 0.923. The molecule has 6 heteroatoms. The standard InChI is InChI=1S/C19H39N5O/c1-4-25-16-8-11-21-18(20-2)22-17-19(9-14-23(3)15-10-19)24-12-6-5-7-13-24/h4-17H2,1-3H3,(H2,20,21,22). The van der Waals surface area contributed by atoms with E-state index < -0.39 is 0 Å². The minimum absolute atomic E-state index is 0.288. The van der Waals surface area contributed by atoms with Crippen molar-refractivity contribution in [2.75, 3.05) is 66.6 Å². The molecule has 0 atom stereocenters. The quantitative estimate of drug-likeness (QED) is 0.394. The fraction of sp³-hybridized carbons (Fsp3) is 0.947. The molecule has 6 nitrogen and oxygen atoms in total. The predicted molar refractivity (Wildman–Crippen MR) is 105 cm³/mol. The lowest BCUT2D eigenvalue weighted by atomic mass is 9.84. The summed E-state index contributed by atoms with van der Waals surface area (Å²) in [4.78, 5) is 9.63. The zero-order chi connectivity index (χ0) is 18.0. The van der Waals surface area contributed by atoms with Gasteiger partial charge in [-0.15, -0.1) is 0 Å². The molecule has 2 fully saturated rings. The van der Waals surface area contributed by atoms with Crippen LogP contribution in [0.3, 0.4) is 0 Å². The van der Waals surface area contributed by atoms with Crippen molar-refractivity contribution in [2.45, 2.75) is 51.0 Å². The molecule has 2 rings (SSSR count). The van der Waals surface area contributed by atoms with Crippen molar-refractivity contribution >= 4 is 5.96 Å². The Bertz CT molecular complexity index is 387. The van der Waals surface area contributed by atoms with Crippen molar-refractivity contribution < 1.29 is 4.74 Å². The highest BCUT2D eigenvalue weighted by atomic mass is 16.5. The second kappa shape index (κ2) is 11.0. The average Bonchev–Trinajstić information content (AvgIpc) is 2.66. The van der Waals surface area contributed by atoms with Gasteiger partial charge in [0.2, 0.25) is 0 Å². The monoisotopic (exact) mass is 353 g/mol. The molecule has 2 heterocycles. The third-order valence-corrected chi connectivity index (χ3v) is 5.72. The molecular formula is C19H39N5O. The highest BCUT2D eigenvalue weighted by Gasteiger charge is 2.39. The summed E-state index contributed by atoms with van der Waals surface area (Å²) in [6.45, 7) is 10.4. The second-order valence-corrected chi connectivity index (χ2v) is 7.48. The Morgan fingerprint density at radius 3 is 2.44 bits per heavy atom. The number of guanidine groups is 1. The maximum absolute atomic E-state index is 5.40. The van der Waals surface area contributed by atoms with Gasteiger partial charge in [0.05, 0.1) is 0 Å². The number of ether oxygens (including phenoxy) is 1. The Balaban J connectivity index is 1.85. The topological polar surface area (TPSA) is 52.1 Å². The minimum atomic E-state index is 0.288. The Labute approximate surface area is 154 Å². The fourth-order valence-corrected chi connectivity index (χ4v) is 4.00. The van der Waals surface area contributed by atoms with Gasteiger partial charge in [0.25, 0.3) is 0 Å². The Hall–Kier alpha value is -0.850. The summed E-state index contributed by atoms with van der Waals surface area (Å²) < 4.78 is 5.40. The first kappa shape index (κ1) is 20.5. The Kier molecular flexibility index (Phi) is 8.99. The number of aliphatic imine (C=N–C) groups is 1. The van der Waals surface area contributed by atoms with Gasteiger partial charge in [-0.2, -0.15) is 0 Å². The van der Waals surface area contributed by atoms with Crippen molar-refractivity contribution in [3.05, 3.63) is 0 Å². The van der Waals surface area contributed by atoms with E-state index in [0.29, 0.717) is 0 Å². The van der Waals surface area contributed by atoms with Crippen LogP contribution in [0.15, 0.2) is 4.99 Å². The van der Waals surface area contributed by atoms with E-state index >= 15 is 0 Å². The van der Waals surface area contributed by atoms with E-state index in [9.17, 15) is 0 Å². The molecule has 0 aromatic rings. The minimum Gasteiger partial charge on any atom is -0.382 e. The van der Waals surface area contributed by atoms with Crippen LogP contribution in [0.4, 0.5) is 0 Å². The molecule has 2 N–H and O–H groups in total. The molecule has 2 aliphatic heterocycles. The van der Waals surface area contributed by atoms with E-state index in [1.54, 1.807) is 0 Å². The fourth-order valence-electron chi connectivity index (χ4n) is 4.00. The summed E-state index contributed by atoms with van der Waals surface area (Å²) in [6, 6.07) is 0. The first-order valence-electron chi connectivity index (χ1n) is 10.2. The molecule has 2 aliphatic rings. The van der Waals surface area contributed by atoms with E-state index in [1.807, 2.05) is 14.0 Å². The molecule has 0 saturated carbocycles. The van der Waals surface area contributed by atoms with Crippen LogP contribution in [0, 0.1) is 0 Å². The molecule has 0 radical (unpaired) electrons. The van der Waals surface area contributed by atoms with Crippen LogP contribution in [-0.2, 0) is 4.74 Å². The Morgan fingerprint density at radius 2 is 1.80 bits per heavy atom. The number of nitrogens with one attached hydrogen (secondary N) is 2. The van der Waals surface area contributed by atoms with Gasteiger partial charge >= 0.3 is 0 Å². The van der Waals surface area contributed by atoms with Gasteiger partial charge in [0.1, 0.15) is 0 Å². The molecule has 0 amide bonds. The van der Waals surface area contributed by atoms with E-state index in [1.165, 1.54) is 58.3 Å². The maximum atomic E-state index is 5.40. The lowest BCUT2D eigenvalue weighted by Crippen LogP contribution is -2.62. The molecule has 2 saturated heterocycles. The summed E-state index contributed by atoms with van der Waals surface area (Å²) >= 11 is 0. The molecular weight excluding hydrogens is 314 g/mol. The highest BCUT2D eigenvalue weighted by molar-refractivity contribution is 5.79. The van der Waals surface area contributed by atoms with Gasteiger partial charge in [-0.05, 0) is 72.3 Å². The first-order valence-corrected chi connectivity index (χ1v) is 10.2. The van der Waals surface area contributed by atoms with Crippen LogP contribution in [0.2, 0.25) is 0 Å².